The Morgan fingerprint density at radius 3 is 2.40 bits per heavy atom. The zero-order valence-corrected chi connectivity index (χ0v) is 9.43. The molecule has 1 aromatic rings. The van der Waals surface area contributed by atoms with Crippen molar-refractivity contribution in [1.82, 2.24) is 0 Å². The highest BCUT2D eigenvalue weighted by Crippen LogP contribution is 2.12. The van der Waals surface area contributed by atoms with E-state index in [1.54, 1.807) is 19.2 Å². The van der Waals surface area contributed by atoms with Crippen molar-refractivity contribution in [1.29, 1.82) is 0 Å². The minimum atomic E-state index is -0.985. The predicted octanol–water partition coefficient (Wildman–Crippen LogP) is 0.762. The third-order valence-electron chi connectivity index (χ3n) is 1.93. The number of hydrogen-bond donors (Lipinski definition) is 2. The molecule has 0 fully saturated rings. The number of benzene rings is 1. The van der Waals surface area contributed by atoms with Crippen molar-refractivity contribution in [2.24, 2.45) is 5.73 Å². The zero-order chi connectivity index (χ0) is 10.6. The van der Waals surface area contributed by atoms with E-state index in [1.807, 2.05) is 12.1 Å². The molecule has 0 unspecified atom stereocenters. The molecule has 0 aliphatic rings. The first-order valence-electron chi connectivity index (χ1n) is 4.25. The Kier molecular flexibility index (Phi) is 5.81. The first kappa shape index (κ1) is 13.8. The summed E-state index contributed by atoms with van der Waals surface area (Å²) < 4.78 is 4.97. The lowest BCUT2D eigenvalue weighted by Crippen LogP contribution is -2.32. The molecule has 3 N–H and O–H groups in total. The summed E-state index contributed by atoms with van der Waals surface area (Å²) in [4.78, 5) is 10.5. The summed E-state index contributed by atoms with van der Waals surface area (Å²) in [5.74, 6) is -0.238. The van der Waals surface area contributed by atoms with Crippen LogP contribution in [0.3, 0.4) is 0 Å². The van der Waals surface area contributed by atoms with E-state index in [-0.39, 0.29) is 13.5 Å². The van der Waals surface area contributed by atoms with Crippen LogP contribution < -0.4 is 10.5 Å². The molecule has 5 heteroatoms. The number of rotatable bonds is 4. The molecule has 1 rings (SSSR count). The van der Waals surface area contributed by atoms with E-state index < -0.39 is 12.0 Å². The smallest absolute Gasteiger partial charge is 0.320 e. The van der Waals surface area contributed by atoms with Gasteiger partial charge in [-0.05, 0) is 24.1 Å². The number of aliphatic carboxylic acids is 1. The minimum absolute atomic E-state index is 0. The molecule has 1 aromatic carbocycles. The van der Waals surface area contributed by atoms with Gasteiger partial charge in [-0.15, -0.1) is 0 Å². The highest BCUT2D eigenvalue weighted by atomic mass is 32.1. The van der Waals surface area contributed by atoms with E-state index in [1.165, 1.54) is 0 Å². The Labute approximate surface area is 95.5 Å². The topological polar surface area (TPSA) is 72.5 Å². The van der Waals surface area contributed by atoms with E-state index >= 15 is 0 Å². The number of carboxylic acids is 1. The van der Waals surface area contributed by atoms with Crippen molar-refractivity contribution in [2.45, 2.75) is 12.5 Å². The molecule has 0 aliphatic carbocycles. The molecule has 0 aromatic heterocycles. The van der Waals surface area contributed by atoms with Crippen molar-refractivity contribution in [2.75, 3.05) is 7.11 Å². The lowest BCUT2D eigenvalue weighted by molar-refractivity contribution is -0.138. The molecular formula is C10H15NO3S. The van der Waals surface area contributed by atoms with Gasteiger partial charge in [0, 0.05) is 0 Å². The van der Waals surface area contributed by atoms with Crippen molar-refractivity contribution < 1.29 is 14.6 Å². The van der Waals surface area contributed by atoms with Crippen LogP contribution >= 0.6 is 13.5 Å². The summed E-state index contributed by atoms with van der Waals surface area (Å²) in [6, 6.07) is 6.33. The van der Waals surface area contributed by atoms with Gasteiger partial charge in [-0.3, -0.25) is 4.79 Å². The van der Waals surface area contributed by atoms with Crippen LogP contribution in [-0.4, -0.2) is 24.2 Å². The highest BCUT2D eigenvalue weighted by Gasteiger charge is 2.11. The van der Waals surface area contributed by atoms with Gasteiger partial charge < -0.3 is 15.6 Å². The summed E-state index contributed by atoms with van der Waals surface area (Å²) in [5, 5.41) is 8.59. The Morgan fingerprint density at radius 1 is 1.47 bits per heavy atom. The molecule has 0 spiro atoms. The summed E-state index contributed by atoms with van der Waals surface area (Å²) in [5.41, 5.74) is 6.28. The molecule has 4 nitrogen and oxygen atoms in total. The minimum Gasteiger partial charge on any atom is -0.497 e. The fourth-order valence-electron chi connectivity index (χ4n) is 1.10. The van der Waals surface area contributed by atoms with Crippen LogP contribution in [0.5, 0.6) is 5.75 Å². The van der Waals surface area contributed by atoms with Gasteiger partial charge in [0.2, 0.25) is 0 Å². The van der Waals surface area contributed by atoms with Gasteiger partial charge in [0.1, 0.15) is 11.8 Å². The summed E-state index contributed by atoms with van der Waals surface area (Å²) in [6.45, 7) is 0. The van der Waals surface area contributed by atoms with Crippen molar-refractivity contribution in [3.8, 4) is 5.75 Å². The number of carbonyl (C=O) groups is 1. The third kappa shape index (κ3) is 4.22. The standard InChI is InChI=1S/C10H13NO3.H2S/c1-14-8-4-2-7(3-5-8)6-9(11)10(12)13;/h2-5,9H,6,11H2,1H3,(H,12,13);1H2/t9-;/m0./s1. The van der Waals surface area contributed by atoms with Crippen LogP contribution in [0.1, 0.15) is 5.56 Å². The second kappa shape index (κ2) is 6.31. The van der Waals surface area contributed by atoms with Crippen LogP contribution in [0.4, 0.5) is 0 Å². The SMILES string of the molecule is COc1ccc(C[C@H](N)C(=O)O)cc1.S. The highest BCUT2D eigenvalue weighted by molar-refractivity contribution is 7.59. The second-order valence-corrected chi connectivity index (χ2v) is 3.00. The van der Waals surface area contributed by atoms with Gasteiger partial charge in [0.15, 0.2) is 0 Å². The van der Waals surface area contributed by atoms with Crippen molar-refractivity contribution in [3.05, 3.63) is 29.8 Å². The number of hydrogen-bond acceptors (Lipinski definition) is 3. The summed E-state index contributed by atoms with van der Waals surface area (Å²) in [7, 11) is 1.58. The normalized spacial score (nSPS) is 11.3. The molecule has 0 aliphatic heterocycles. The first-order valence-corrected chi connectivity index (χ1v) is 4.25. The number of methoxy groups -OCH3 is 1. The largest absolute Gasteiger partial charge is 0.497 e. The molecule has 0 amide bonds. The fourth-order valence-corrected chi connectivity index (χ4v) is 1.10. The van der Waals surface area contributed by atoms with Gasteiger partial charge in [-0.25, -0.2) is 0 Å². The fraction of sp³-hybridized carbons (Fsp3) is 0.300. The third-order valence-corrected chi connectivity index (χ3v) is 1.93. The van der Waals surface area contributed by atoms with Gasteiger partial charge in [0.25, 0.3) is 0 Å². The Morgan fingerprint density at radius 2 is 2.00 bits per heavy atom. The lowest BCUT2D eigenvalue weighted by atomic mass is 10.1. The maximum atomic E-state index is 10.5. The van der Waals surface area contributed by atoms with Crippen LogP contribution in [0.15, 0.2) is 24.3 Å². The van der Waals surface area contributed by atoms with Crippen LogP contribution in [0.25, 0.3) is 0 Å². The van der Waals surface area contributed by atoms with E-state index in [0.717, 1.165) is 11.3 Å². The Hall–Kier alpha value is -1.20. The quantitative estimate of drug-likeness (QED) is 0.799. The zero-order valence-electron chi connectivity index (χ0n) is 8.43. The Bertz CT molecular complexity index is 313. The molecule has 0 bridgehead atoms. The van der Waals surface area contributed by atoms with E-state index in [0.29, 0.717) is 6.42 Å². The van der Waals surface area contributed by atoms with E-state index in [4.69, 9.17) is 15.6 Å². The number of nitrogens with two attached hydrogens (primary N) is 1. The van der Waals surface area contributed by atoms with Gasteiger partial charge in [0.05, 0.1) is 7.11 Å². The molecule has 15 heavy (non-hydrogen) atoms. The monoisotopic (exact) mass is 229 g/mol. The molecule has 0 heterocycles. The number of ether oxygens (including phenoxy) is 1. The molecule has 0 radical (unpaired) electrons. The average molecular weight is 229 g/mol. The average Bonchev–Trinajstić information content (AvgIpc) is 2.19. The van der Waals surface area contributed by atoms with Crippen LogP contribution in [0, 0.1) is 0 Å². The second-order valence-electron chi connectivity index (χ2n) is 3.00. The summed E-state index contributed by atoms with van der Waals surface area (Å²) >= 11 is 0. The van der Waals surface area contributed by atoms with E-state index in [9.17, 15) is 4.79 Å². The molecule has 1 atom stereocenters. The number of carboxylic acid groups (broad SMARTS) is 1. The first-order chi connectivity index (χ1) is 6.63. The van der Waals surface area contributed by atoms with Gasteiger partial charge >= 0.3 is 5.97 Å². The predicted molar refractivity (Wildman–Crippen MR) is 62.7 cm³/mol. The molecule has 0 saturated carbocycles. The van der Waals surface area contributed by atoms with Gasteiger partial charge in [-0.2, -0.15) is 13.5 Å². The molecule has 84 valence electrons. The Balaban J connectivity index is 0.00000196. The maximum absolute atomic E-state index is 10.5. The van der Waals surface area contributed by atoms with Crippen molar-refractivity contribution in [3.63, 3.8) is 0 Å². The van der Waals surface area contributed by atoms with Crippen LogP contribution in [0.2, 0.25) is 0 Å². The maximum Gasteiger partial charge on any atom is 0.320 e. The van der Waals surface area contributed by atoms with Crippen molar-refractivity contribution >= 4 is 19.5 Å². The van der Waals surface area contributed by atoms with Gasteiger partial charge in [-0.1, -0.05) is 12.1 Å². The molecular weight excluding hydrogens is 214 g/mol. The van der Waals surface area contributed by atoms with Crippen LogP contribution in [-0.2, 0) is 11.2 Å². The summed E-state index contributed by atoms with van der Waals surface area (Å²) in [6.07, 6.45) is 0.333. The van der Waals surface area contributed by atoms with E-state index in [2.05, 4.69) is 0 Å². The molecule has 0 saturated heterocycles. The lowest BCUT2D eigenvalue weighted by Gasteiger charge is -2.06.